The third-order valence-electron chi connectivity index (χ3n) is 4.52. The minimum absolute atomic E-state index is 0.157. The lowest BCUT2D eigenvalue weighted by Crippen LogP contribution is -2.16. The van der Waals surface area contributed by atoms with Crippen LogP contribution in [0.3, 0.4) is 0 Å². The van der Waals surface area contributed by atoms with Gasteiger partial charge >= 0.3 is 0 Å². The third kappa shape index (κ3) is 3.62. The summed E-state index contributed by atoms with van der Waals surface area (Å²) in [5, 5.41) is 10.6. The third-order valence-corrected chi connectivity index (χ3v) is 4.52. The smallest absolute Gasteiger partial charge is 0.154 e. The minimum atomic E-state index is 0.157. The minimum Gasteiger partial charge on any atom is -0.383 e. The van der Waals surface area contributed by atoms with Crippen LogP contribution in [-0.4, -0.2) is 11.7 Å². The first-order valence-corrected chi connectivity index (χ1v) is 8.78. The molecule has 0 saturated carbocycles. The predicted molar refractivity (Wildman–Crippen MR) is 113 cm³/mol. The van der Waals surface area contributed by atoms with E-state index in [4.69, 9.17) is 11.1 Å². The maximum atomic E-state index is 8.15. The SMILES string of the molecule is N=C(N=C(N)c1cccc(-c2ccc3ccccc3c2)c1)c1ccccc1. The Morgan fingerprint density at radius 3 is 2.11 bits per heavy atom. The lowest BCUT2D eigenvalue weighted by molar-refractivity contribution is 1.40. The molecule has 3 N–H and O–H groups in total. The highest BCUT2D eigenvalue weighted by Crippen LogP contribution is 2.25. The van der Waals surface area contributed by atoms with E-state index in [1.807, 2.05) is 60.7 Å². The molecular formula is C24H19N3. The van der Waals surface area contributed by atoms with E-state index in [1.165, 1.54) is 10.8 Å². The van der Waals surface area contributed by atoms with Crippen molar-refractivity contribution in [3.63, 3.8) is 0 Å². The first-order chi connectivity index (χ1) is 13.2. The molecule has 0 fully saturated rings. The summed E-state index contributed by atoms with van der Waals surface area (Å²) in [5.41, 5.74) is 9.93. The van der Waals surface area contributed by atoms with Crippen molar-refractivity contribution in [1.82, 2.24) is 0 Å². The van der Waals surface area contributed by atoms with E-state index in [9.17, 15) is 0 Å². The van der Waals surface area contributed by atoms with Crippen LogP contribution in [0.1, 0.15) is 11.1 Å². The molecule has 3 heteroatoms. The van der Waals surface area contributed by atoms with Gasteiger partial charge < -0.3 is 5.73 Å². The van der Waals surface area contributed by atoms with Gasteiger partial charge in [0.25, 0.3) is 0 Å². The van der Waals surface area contributed by atoms with E-state index < -0.39 is 0 Å². The Morgan fingerprint density at radius 2 is 1.30 bits per heavy atom. The van der Waals surface area contributed by atoms with E-state index >= 15 is 0 Å². The Kier molecular flexibility index (Phi) is 4.50. The van der Waals surface area contributed by atoms with Crippen molar-refractivity contribution >= 4 is 22.4 Å². The summed E-state index contributed by atoms with van der Waals surface area (Å²) >= 11 is 0. The zero-order chi connectivity index (χ0) is 18.6. The van der Waals surface area contributed by atoms with Gasteiger partial charge in [-0.2, -0.15) is 0 Å². The van der Waals surface area contributed by atoms with Gasteiger partial charge in [-0.3, -0.25) is 5.41 Å². The molecule has 0 heterocycles. The normalized spacial score (nSPS) is 11.5. The van der Waals surface area contributed by atoms with E-state index in [0.29, 0.717) is 5.84 Å². The molecule has 0 unspecified atom stereocenters. The van der Waals surface area contributed by atoms with Crippen LogP contribution in [0.25, 0.3) is 21.9 Å². The summed E-state index contributed by atoms with van der Waals surface area (Å²) in [4.78, 5) is 4.28. The molecule has 0 bridgehead atoms. The van der Waals surface area contributed by atoms with Gasteiger partial charge in [0.05, 0.1) is 0 Å². The lowest BCUT2D eigenvalue weighted by Gasteiger charge is -2.07. The number of rotatable bonds is 3. The van der Waals surface area contributed by atoms with Gasteiger partial charge in [0.15, 0.2) is 5.84 Å². The second-order valence-electron chi connectivity index (χ2n) is 6.35. The molecule has 130 valence electrons. The number of nitrogens with two attached hydrogens (primary N) is 1. The Hall–Kier alpha value is -3.72. The second kappa shape index (κ2) is 7.26. The zero-order valence-electron chi connectivity index (χ0n) is 14.8. The molecule has 3 nitrogen and oxygen atoms in total. The largest absolute Gasteiger partial charge is 0.383 e. The molecule has 0 aliphatic carbocycles. The number of hydrogen-bond donors (Lipinski definition) is 2. The van der Waals surface area contributed by atoms with Gasteiger partial charge in [0.2, 0.25) is 0 Å². The summed E-state index contributed by atoms with van der Waals surface area (Å²) in [5.74, 6) is 0.496. The molecule has 4 rings (SSSR count). The summed E-state index contributed by atoms with van der Waals surface area (Å²) in [6.07, 6.45) is 0. The highest BCUT2D eigenvalue weighted by Gasteiger charge is 2.06. The van der Waals surface area contributed by atoms with Crippen LogP contribution in [0.2, 0.25) is 0 Å². The number of aliphatic imine (C=N–C) groups is 1. The van der Waals surface area contributed by atoms with Crippen molar-refractivity contribution in [3.8, 4) is 11.1 Å². The maximum absolute atomic E-state index is 8.15. The topological polar surface area (TPSA) is 62.2 Å². The maximum Gasteiger partial charge on any atom is 0.154 e. The van der Waals surface area contributed by atoms with Gasteiger partial charge in [-0.05, 0) is 34.0 Å². The van der Waals surface area contributed by atoms with Crippen molar-refractivity contribution in [2.75, 3.05) is 0 Å². The van der Waals surface area contributed by atoms with Gasteiger partial charge in [0.1, 0.15) is 5.84 Å². The molecular weight excluding hydrogens is 330 g/mol. The van der Waals surface area contributed by atoms with E-state index in [2.05, 4.69) is 41.4 Å². The Balaban J connectivity index is 1.67. The fraction of sp³-hybridized carbons (Fsp3) is 0. The summed E-state index contributed by atoms with van der Waals surface area (Å²) in [6.45, 7) is 0. The highest BCUT2D eigenvalue weighted by atomic mass is 14.9. The van der Waals surface area contributed by atoms with Gasteiger partial charge in [0, 0.05) is 11.1 Å². The van der Waals surface area contributed by atoms with Gasteiger partial charge in [-0.25, -0.2) is 4.99 Å². The number of benzene rings is 4. The average Bonchev–Trinajstić information content (AvgIpc) is 2.74. The Bertz CT molecular complexity index is 1140. The monoisotopic (exact) mass is 349 g/mol. The van der Waals surface area contributed by atoms with E-state index in [1.54, 1.807) is 0 Å². The number of nitrogens with one attached hydrogen (secondary N) is 1. The molecule has 0 aromatic heterocycles. The molecule has 0 aliphatic heterocycles. The summed E-state index contributed by atoms with van der Waals surface area (Å²) in [7, 11) is 0. The van der Waals surface area contributed by atoms with Gasteiger partial charge in [-0.15, -0.1) is 0 Å². The fourth-order valence-corrected chi connectivity index (χ4v) is 3.07. The first-order valence-electron chi connectivity index (χ1n) is 8.78. The molecule has 0 amide bonds. The first kappa shape index (κ1) is 16.7. The standard InChI is InChI=1S/C24H19N3/c25-23(18-8-2-1-3-9-18)27-24(26)22-12-6-11-20(16-22)21-14-13-17-7-4-5-10-19(17)15-21/h1-16H,(H3,25,26,27). The molecule has 0 radical (unpaired) electrons. The van der Waals surface area contributed by atoms with Crippen LogP contribution < -0.4 is 5.73 Å². The van der Waals surface area contributed by atoms with E-state index in [-0.39, 0.29) is 5.84 Å². The fourth-order valence-electron chi connectivity index (χ4n) is 3.07. The number of amidine groups is 2. The van der Waals surface area contributed by atoms with Crippen LogP contribution in [0.15, 0.2) is 102 Å². The molecule has 0 spiro atoms. The Labute approximate surface area is 158 Å². The average molecular weight is 349 g/mol. The molecule has 27 heavy (non-hydrogen) atoms. The van der Waals surface area contributed by atoms with Crippen molar-refractivity contribution < 1.29 is 0 Å². The van der Waals surface area contributed by atoms with Crippen LogP contribution in [0, 0.1) is 5.41 Å². The summed E-state index contributed by atoms with van der Waals surface area (Å²) < 4.78 is 0. The summed E-state index contributed by atoms with van der Waals surface area (Å²) in [6, 6.07) is 32.1. The number of hydrogen-bond acceptors (Lipinski definition) is 1. The lowest BCUT2D eigenvalue weighted by atomic mass is 9.99. The van der Waals surface area contributed by atoms with Gasteiger partial charge in [-0.1, -0.05) is 84.9 Å². The molecule has 0 aliphatic rings. The Morgan fingerprint density at radius 1 is 0.630 bits per heavy atom. The number of fused-ring (bicyclic) bond motifs is 1. The molecule has 0 saturated heterocycles. The van der Waals surface area contributed by atoms with E-state index in [0.717, 1.165) is 22.3 Å². The molecule has 4 aromatic carbocycles. The van der Waals surface area contributed by atoms with Crippen molar-refractivity contribution in [3.05, 3.63) is 108 Å². The van der Waals surface area contributed by atoms with Crippen molar-refractivity contribution in [1.29, 1.82) is 5.41 Å². The highest BCUT2D eigenvalue weighted by molar-refractivity contribution is 6.10. The molecule has 4 aromatic rings. The zero-order valence-corrected chi connectivity index (χ0v) is 14.8. The quantitative estimate of drug-likeness (QED) is 0.386. The van der Waals surface area contributed by atoms with Crippen LogP contribution in [0.5, 0.6) is 0 Å². The predicted octanol–water partition coefficient (Wildman–Crippen LogP) is 5.24. The molecule has 0 atom stereocenters. The number of nitrogens with zero attached hydrogens (tertiary/aromatic N) is 1. The van der Waals surface area contributed by atoms with Crippen molar-refractivity contribution in [2.24, 2.45) is 10.7 Å². The second-order valence-corrected chi connectivity index (χ2v) is 6.35. The van der Waals surface area contributed by atoms with Crippen LogP contribution in [0.4, 0.5) is 0 Å². The van der Waals surface area contributed by atoms with Crippen molar-refractivity contribution in [2.45, 2.75) is 0 Å². The van der Waals surface area contributed by atoms with Crippen LogP contribution in [-0.2, 0) is 0 Å². The van der Waals surface area contributed by atoms with Crippen LogP contribution >= 0.6 is 0 Å².